The Morgan fingerprint density at radius 2 is 1.97 bits per heavy atom. The number of hydrogen-bond acceptors (Lipinski definition) is 7. The summed E-state index contributed by atoms with van der Waals surface area (Å²) < 4.78 is 5.28. The van der Waals surface area contributed by atoms with Crippen molar-refractivity contribution >= 4 is 46.9 Å². The largest absolute Gasteiger partial charge is 0.334 e. The number of piperidine rings is 1. The predicted octanol–water partition coefficient (Wildman–Crippen LogP) is 3.72. The number of anilines is 1. The number of benzene rings is 2. The molecule has 1 saturated heterocycles. The highest BCUT2D eigenvalue weighted by Gasteiger charge is 2.39. The number of carbonyl (C=O) groups is 3. The molecular formula is C23H19Cl2N5O4. The van der Waals surface area contributed by atoms with E-state index >= 15 is 0 Å². The normalized spacial score (nSPS) is 17.7. The second-order valence-corrected chi connectivity index (χ2v) is 9.06. The van der Waals surface area contributed by atoms with Gasteiger partial charge in [-0.25, -0.2) is 0 Å². The summed E-state index contributed by atoms with van der Waals surface area (Å²) in [6, 6.07) is 8.48. The summed E-state index contributed by atoms with van der Waals surface area (Å²) in [6.07, 6.45) is 0.548. The molecule has 3 aromatic rings. The standard InChI is InChI=1S/C23H19Cl2N5O4/c1-11-6-17(25)15(8-16(11)24)20-28-23(34-29-20)26-9-12-2-3-14-13(7-12)10-30(22(14)33)18-4-5-19(31)27-21(18)32/h2-3,6-8,18H,4-5,9-10H2,1H3,(H,26,28,29)(H,27,31,32). The molecule has 5 rings (SSSR count). The van der Waals surface area contributed by atoms with E-state index in [0.717, 1.165) is 16.7 Å². The zero-order valence-electron chi connectivity index (χ0n) is 18.0. The minimum absolute atomic E-state index is 0.209. The van der Waals surface area contributed by atoms with Gasteiger partial charge >= 0.3 is 6.01 Å². The second kappa shape index (κ2) is 8.73. The van der Waals surface area contributed by atoms with Crippen LogP contribution < -0.4 is 10.6 Å². The van der Waals surface area contributed by atoms with Crippen molar-refractivity contribution in [2.24, 2.45) is 0 Å². The van der Waals surface area contributed by atoms with Gasteiger partial charge in [-0.15, -0.1) is 0 Å². The fourth-order valence-electron chi connectivity index (χ4n) is 4.14. The minimum Gasteiger partial charge on any atom is -0.334 e. The Bertz CT molecular complexity index is 1340. The summed E-state index contributed by atoms with van der Waals surface area (Å²) in [5, 5.41) is 10.4. The smallest absolute Gasteiger partial charge is 0.322 e. The minimum atomic E-state index is -0.641. The van der Waals surface area contributed by atoms with Crippen LogP contribution in [0, 0.1) is 6.92 Å². The molecule has 1 aromatic heterocycles. The van der Waals surface area contributed by atoms with Crippen molar-refractivity contribution in [3.63, 3.8) is 0 Å². The highest BCUT2D eigenvalue weighted by atomic mass is 35.5. The molecule has 2 aliphatic heterocycles. The zero-order valence-corrected chi connectivity index (χ0v) is 19.5. The first-order chi connectivity index (χ1) is 16.3. The lowest BCUT2D eigenvalue weighted by atomic mass is 10.0. The molecule has 2 aromatic carbocycles. The van der Waals surface area contributed by atoms with Crippen LogP contribution in [0.3, 0.4) is 0 Å². The molecule has 1 fully saturated rings. The summed E-state index contributed by atoms with van der Waals surface area (Å²) in [4.78, 5) is 42.3. The molecule has 34 heavy (non-hydrogen) atoms. The van der Waals surface area contributed by atoms with E-state index in [1.54, 1.807) is 18.2 Å². The van der Waals surface area contributed by atoms with Crippen molar-refractivity contribution < 1.29 is 18.9 Å². The lowest BCUT2D eigenvalue weighted by molar-refractivity contribution is -0.136. The molecule has 0 saturated carbocycles. The molecule has 1 atom stereocenters. The SMILES string of the molecule is Cc1cc(Cl)c(-c2noc(NCc3ccc4c(c3)CN(C3CCC(=O)NC3=O)C4=O)n2)cc1Cl. The second-order valence-electron chi connectivity index (χ2n) is 8.25. The van der Waals surface area contributed by atoms with Gasteiger partial charge in [0.2, 0.25) is 17.6 Å². The highest BCUT2D eigenvalue weighted by molar-refractivity contribution is 6.35. The Hall–Kier alpha value is -3.43. The third-order valence-electron chi connectivity index (χ3n) is 5.95. The first-order valence-corrected chi connectivity index (χ1v) is 11.4. The number of fused-ring (bicyclic) bond motifs is 1. The van der Waals surface area contributed by atoms with Crippen molar-refractivity contribution in [1.82, 2.24) is 20.4 Å². The van der Waals surface area contributed by atoms with Gasteiger partial charge in [-0.05, 0) is 48.2 Å². The number of hydrogen-bond donors (Lipinski definition) is 2. The molecule has 11 heteroatoms. The summed E-state index contributed by atoms with van der Waals surface area (Å²) in [6.45, 7) is 2.55. The van der Waals surface area contributed by atoms with Gasteiger partial charge in [0.25, 0.3) is 5.91 Å². The van der Waals surface area contributed by atoms with Crippen LogP contribution in [0.2, 0.25) is 10.0 Å². The van der Waals surface area contributed by atoms with Crippen molar-refractivity contribution in [1.29, 1.82) is 0 Å². The molecule has 1 unspecified atom stereocenters. The lowest BCUT2D eigenvalue weighted by Crippen LogP contribution is -2.52. The van der Waals surface area contributed by atoms with E-state index in [0.29, 0.717) is 46.5 Å². The third kappa shape index (κ3) is 4.12. The zero-order chi connectivity index (χ0) is 24.0. The fourth-order valence-corrected chi connectivity index (χ4v) is 4.60. The number of carbonyl (C=O) groups excluding carboxylic acids is 3. The van der Waals surface area contributed by atoms with Crippen LogP contribution in [-0.2, 0) is 22.7 Å². The number of imide groups is 1. The van der Waals surface area contributed by atoms with Gasteiger partial charge in [-0.2, -0.15) is 4.98 Å². The maximum Gasteiger partial charge on any atom is 0.322 e. The van der Waals surface area contributed by atoms with E-state index in [1.807, 2.05) is 19.1 Å². The van der Waals surface area contributed by atoms with Gasteiger partial charge in [-0.3, -0.25) is 19.7 Å². The molecule has 174 valence electrons. The molecule has 0 radical (unpaired) electrons. The molecule has 2 N–H and O–H groups in total. The van der Waals surface area contributed by atoms with E-state index in [4.69, 9.17) is 27.7 Å². The summed E-state index contributed by atoms with van der Waals surface area (Å²) >= 11 is 12.5. The Kier molecular flexibility index (Phi) is 5.75. The van der Waals surface area contributed by atoms with Gasteiger partial charge in [0, 0.05) is 35.7 Å². The average Bonchev–Trinajstić information content (AvgIpc) is 3.39. The fraction of sp³-hybridized carbons (Fsp3) is 0.261. The monoisotopic (exact) mass is 499 g/mol. The number of aryl methyl sites for hydroxylation is 1. The van der Waals surface area contributed by atoms with E-state index in [9.17, 15) is 14.4 Å². The summed E-state index contributed by atoms with van der Waals surface area (Å²) in [5.74, 6) is -0.634. The van der Waals surface area contributed by atoms with Crippen molar-refractivity contribution in [3.8, 4) is 11.4 Å². The Morgan fingerprint density at radius 1 is 1.15 bits per heavy atom. The topological polar surface area (TPSA) is 117 Å². The van der Waals surface area contributed by atoms with Crippen LogP contribution in [0.4, 0.5) is 6.01 Å². The molecule has 2 aliphatic rings. The lowest BCUT2D eigenvalue weighted by Gasteiger charge is -2.29. The maximum absolute atomic E-state index is 12.8. The number of halogens is 2. The van der Waals surface area contributed by atoms with Gasteiger partial charge in [0.15, 0.2) is 0 Å². The van der Waals surface area contributed by atoms with Crippen LogP contribution in [0.1, 0.15) is 39.9 Å². The van der Waals surface area contributed by atoms with Crippen LogP contribution in [0.5, 0.6) is 0 Å². The highest BCUT2D eigenvalue weighted by Crippen LogP contribution is 2.32. The van der Waals surface area contributed by atoms with Crippen LogP contribution in [-0.4, -0.2) is 38.8 Å². The molecule has 0 spiro atoms. The maximum atomic E-state index is 12.8. The van der Waals surface area contributed by atoms with Crippen molar-refractivity contribution in [3.05, 3.63) is 62.6 Å². The molecule has 0 bridgehead atoms. The van der Waals surface area contributed by atoms with Gasteiger partial charge in [0.05, 0.1) is 5.02 Å². The number of amides is 3. The average molecular weight is 500 g/mol. The molecular weight excluding hydrogens is 481 g/mol. The van der Waals surface area contributed by atoms with Crippen LogP contribution >= 0.6 is 23.2 Å². The number of nitrogens with one attached hydrogen (secondary N) is 2. The predicted molar refractivity (Wildman–Crippen MR) is 124 cm³/mol. The van der Waals surface area contributed by atoms with E-state index < -0.39 is 11.9 Å². The quantitative estimate of drug-likeness (QED) is 0.513. The summed E-state index contributed by atoms with van der Waals surface area (Å²) in [5.41, 5.74) is 3.69. The molecule has 3 amide bonds. The van der Waals surface area contributed by atoms with E-state index in [1.165, 1.54) is 4.90 Å². The number of nitrogens with zero attached hydrogens (tertiary/aromatic N) is 3. The Labute approximate surface area is 204 Å². The Morgan fingerprint density at radius 3 is 2.76 bits per heavy atom. The molecule has 0 aliphatic carbocycles. The van der Waals surface area contributed by atoms with E-state index in [-0.39, 0.29) is 24.2 Å². The first-order valence-electron chi connectivity index (χ1n) is 10.6. The van der Waals surface area contributed by atoms with Crippen LogP contribution in [0.25, 0.3) is 11.4 Å². The van der Waals surface area contributed by atoms with Gasteiger partial charge in [-0.1, -0.05) is 40.5 Å². The van der Waals surface area contributed by atoms with Gasteiger partial charge < -0.3 is 14.7 Å². The molecule has 3 heterocycles. The van der Waals surface area contributed by atoms with Crippen LogP contribution in [0.15, 0.2) is 34.9 Å². The number of aromatic nitrogens is 2. The number of rotatable bonds is 5. The van der Waals surface area contributed by atoms with E-state index in [2.05, 4.69) is 20.8 Å². The van der Waals surface area contributed by atoms with Crippen molar-refractivity contribution in [2.45, 2.75) is 38.9 Å². The van der Waals surface area contributed by atoms with Gasteiger partial charge in [0.1, 0.15) is 6.04 Å². The summed E-state index contributed by atoms with van der Waals surface area (Å²) in [7, 11) is 0. The van der Waals surface area contributed by atoms with Crippen molar-refractivity contribution in [2.75, 3.05) is 5.32 Å². The molecule has 9 nitrogen and oxygen atoms in total. The first kappa shape index (κ1) is 22.4. The third-order valence-corrected chi connectivity index (χ3v) is 6.67. The Balaban J connectivity index is 1.27.